The fraction of sp³-hybridized carbons (Fsp3) is 0.500. The highest BCUT2D eigenvalue weighted by molar-refractivity contribution is 7.09. The van der Waals surface area contributed by atoms with Crippen LogP contribution >= 0.6 is 11.5 Å². The summed E-state index contributed by atoms with van der Waals surface area (Å²) >= 11 is 1.31. The van der Waals surface area contributed by atoms with Crippen LogP contribution in [-0.2, 0) is 6.42 Å². The summed E-state index contributed by atoms with van der Waals surface area (Å²) in [5, 5.41) is 9.17. The molecular formula is C6H8N4S. The van der Waals surface area contributed by atoms with Crippen LogP contribution in [0.2, 0.25) is 0 Å². The summed E-state index contributed by atoms with van der Waals surface area (Å²) in [4.78, 5) is 5.98. The standard InChI is InChI=1S/C6H8N4S/c1-10(2)6-8-5(3-4-7)9-11-6/h3H2,1-2H3. The van der Waals surface area contributed by atoms with Gasteiger partial charge in [-0.15, -0.1) is 0 Å². The van der Waals surface area contributed by atoms with E-state index in [1.165, 1.54) is 11.5 Å². The minimum absolute atomic E-state index is 0.296. The van der Waals surface area contributed by atoms with Gasteiger partial charge in [-0.1, -0.05) is 0 Å². The average molecular weight is 168 g/mol. The number of nitriles is 1. The summed E-state index contributed by atoms with van der Waals surface area (Å²) in [6, 6.07) is 2.00. The molecule has 4 nitrogen and oxygen atoms in total. The van der Waals surface area contributed by atoms with Crippen LogP contribution in [0.15, 0.2) is 0 Å². The highest BCUT2D eigenvalue weighted by Gasteiger charge is 2.03. The van der Waals surface area contributed by atoms with Crippen molar-refractivity contribution in [3.05, 3.63) is 5.82 Å². The molecule has 1 rings (SSSR count). The summed E-state index contributed by atoms with van der Waals surface area (Å²) in [6.45, 7) is 0. The topological polar surface area (TPSA) is 52.8 Å². The molecule has 0 fully saturated rings. The molecule has 0 radical (unpaired) electrons. The van der Waals surface area contributed by atoms with Crippen molar-refractivity contribution < 1.29 is 0 Å². The molecule has 0 unspecified atom stereocenters. The van der Waals surface area contributed by atoms with E-state index < -0.39 is 0 Å². The van der Waals surface area contributed by atoms with Crippen LogP contribution in [0.3, 0.4) is 0 Å². The molecule has 1 heterocycles. The van der Waals surface area contributed by atoms with Crippen LogP contribution in [0.4, 0.5) is 5.13 Å². The molecule has 11 heavy (non-hydrogen) atoms. The third-order valence-corrected chi connectivity index (χ3v) is 2.00. The maximum atomic E-state index is 8.33. The molecule has 5 heteroatoms. The molecule has 58 valence electrons. The summed E-state index contributed by atoms with van der Waals surface area (Å²) in [7, 11) is 3.80. The lowest BCUT2D eigenvalue weighted by atomic mass is 10.5. The van der Waals surface area contributed by atoms with Crippen LogP contribution < -0.4 is 4.90 Å². The van der Waals surface area contributed by atoms with Gasteiger partial charge in [0.05, 0.1) is 12.5 Å². The normalized spacial score (nSPS) is 9.18. The second-order valence-electron chi connectivity index (χ2n) is 2.22. The lowest BCUT2D eigenvalue weighted by Crippen LogP contribution is -2.07. The molecule has 0 spiro atoms. The lowest BCUT2D eigenvalue weighted by Gasteiger charge is -2.03. The Morgan fingerprint density at radius 3 is 2.82 bits per heavy atom. The summed E-state index contributed by atoms with van der Waals surface area (Å²) in [6.07, 6.45) is 0.296. The Labute approximate surface area is 69.3 Å². The molecule has 0 N–H and O–H groups in total. The van der Waals surface area contributed by atoms with Gasteiger partial charge in [0.2, 0.25) is 5.13 Å². The van der Waals surface area contributed by atoms with Crippen molar-refractivity contribution in [2.75, 3.05) is 19.0 Å². The van der Waals surface area contributed by atoms with Gasteiger partial charge in [0.15, 0.2) is 5.82 Å². The Kier molecular flexibility index (Phi) is 2.39. The van der Waals surface area contributed by atoms with E-state index in [-0.39, 0.29) is 0 Å². The average Bonchev–Trinajstić information content (AvgIpc) is 2.37. The molecule has 0 aliphatic rings. The van der Waals surface area contributed by atoms with E-state index in [1.807, 2.05) is 25.1 Å². The summed E-state index contributed by atoms with van der Waals surface area (Å²) in [5.41, 5.74) is 0. The first-order valence-electron chi connectivity index (χ1n) is 3.11. The van der Waals surface area contributed by atoms with Crippen LogP contribution in [-0.4, -0.2) is 23.5 Å². The maximum absolute atomic E-state index is 8.33. The minimum atomic E-state index is 0.296. The third kappa shape index (κ3) is 1.88. The van der Waals surface area contributed by atoms with Gasteiger partial charge < -0.3 is 4.90 Å². The first kappa shape index (κ1) is 7.95. The van der Waals surface area contributed by atoms with E-state index in [9.17, 15) is 0 Å². The van der Waals surface area contributed by atoms with Gasteiger partial charge in [-0.05, 0) is 0 Å². The van der Waals surface area contributed by atoms with Crippen molar-refractivity contribution in [1.82, 2.24) is 9.36 Å². The molecule has 1 aromatic rings. The number of hydrogen-bond donors (Lipinski definition) is 0. The van der Waals surface area contributed by atoms with Gasteiger partial charge in [-0.2, -0.15) is 9.64 Å². The predicted molar refractivity (Wildman–Crippen MR) is 43.6 cm³/mol. The molecule has 0 aromatic carbocycles. The zero-order valence-corrected chi connectivity index (χ0v) is 7.22. The molecule has 0 bridgehead atoms. The van der Waals surface area contributed by atoms with E-state index in [1.54, 1.807) is 0 Å². The Morgan fingerprint density at radius 2 is 2.36 bits per heavy atom. The van der Waals surface area contributed by atoms with Gasteiger partial charge in [0.25, 0.3) is 0 Å². The first-order chi connectivity index (χ1) is 5.24. The first-order valence-corrected chi connectivity index (χ1v) is 3.88. The van der Waals surface area contributed by atoms with Crippen LogP contribution in [0.25, 0.3) is 0 Å². The number of nitrogens with zero attached hydrogens (tertiary/aromatic N) is 4. The minimum Gasteiger partial charge on any atom is -0.353 e. The monoisotopic (exact) mass is 168 g/mol. The molecule has 1 aromatic heterocycles. The van der Waals surface area contributed by atoms with E-state index in [4.69, 9.17) is 5.26 Å². The molecular weight excluding hydrogens is 160 g/mol. The highest BCUT2D eigenvalue weighted by atomic mass is 32.1. The van der Waals surface area contributed by atoms with Crippen molar-refractivity contribution in [1.29, 1.82) is 5.26 Å². The Morgan fingerprint density at radius 1 is 1.64 bits per heavy atom. The van der Waals surface area contributed by atoms with Crippen molar-refractivity contribution >= 4 is 16.7 Å². The van der Waals surface area contributed by atoms with Crippen molar-refractivity contribution in [3.8, 4) is 6.07 Å². The van der Waals surface area contributed by atoms with E-state index in [2.05, 4.69) is 9.36 Å². The smallest absolute Gasteiger partial charge is 0.204 e. The van der Waals surface area contributed by atoms with E-state index >= 15 is 0 Å². The molecule has 0 aliphatic carbocycles. The zero-order valence-electron chi connectivity index (χ0n) is 6.40. The van der Waals surface area contributed by atoms with Crippen molar-refractivity contribution in [2.24, 2.45) is 0 Å². The predicted octanol–water partition coefficient (Wildman–Crippen LogP) is 0.670. The summed E-state index contributed by atoms with van der Waals surface area (Å²) < 4.78 is 3.99. The largest absolute Gasteiger partial charge is 0.353 e. The Bertz CT molecular complexity index is 272. The third-order valence-electron chi connectivity index (χ3n) is 1.08. The van der Waals surface area contributed by atoms with Gasteiger partial charge in [-0.3, -0.25) is 0 Å². The van der Waals surface area contributed by atoms with Crippen LogP contribution in [0, 0.1) is 11.3 Å². The van der Waals surface area contributed by atoms with Crippen molar-refractivity contribution in [2.45, 2.75) is 6.42 Å². The Balaban J connectivity index is 2.75. The Hall–Kier alpha value is -1.15. The second kappa shape index (κ2) is 3.30. The molecule has 0 saturated heterocycles. The van der Waals surface area contributed by atoms with Gasteiger partial charge in [-0.25, -0.2) is 4.98 Å². The number of rotatable bonds is 2. The van der Waals surface area contributed by atoms with Crippen molar-refractivity contribution in [3.63, 3.8) is 0 Å². The fourth-order valence-corrected chi connectivity index (χ4v) is 1.17. The van der Waals surface area contributed by atoms with Gasteiger partial charge in [0, 0.05) is 25.6 Å². The molecule has 0 amide bonds. The molecule has 0 aliphatic heterocycles. The fourth-order valence-electron chi connectivity index (χ4n) is 0.569. The summed E-state index contributed by atoms with van der Waals surface area (Å²) in [5.74, 6) is 0.612. The zero-order chi connectivity index (χ0) is 8.27. The van der Waals surface area contributed by atoms with Crippen LogP contribution in [0.5, 0.6) is 0 Å². The lowest BCUT2D eigenvalue weighted by molar-refractivity contribution is 1.03. The molecule has 0 saturated carbocycles. The molecule has 0 atom stereocenters. The SMILES string of the molecule is CN(C)c1nc(CC#N)ns1. The highest BCUT2D eigenvalue weighted by Crippen LogP contribution is 2.13. The second-order valence-corrected chi connectivity index (χ2v) is 2.95. The quantitative estimate of drug-likeness (QED) is 0.651. The number of aromatic nitrogens is 2. The number of hydrogen-bond acceptors (Lipinski definition) is 5. The van der Waals surface area contributed by atoms with Crippen LogP contribution in [0.1, 0.15) is 5.82 Å². The number of anilines is 1. The van der Waals surface area contributed by atoms with Gasteiger partial charge in [0.1, 0.15) is 0 Å². The van der Waals surface area contributed by atoms with E-state index in [0.717, 1.165) is 5.13 Å². The maximum Gasteiger partial charge on any atom is 0.204 e. The van der Waals surface area contributed by atoms with Gasteiger partial charge >= 0.3 is 0 Å². The van der Waals surface area contributed by atoms with E-state index in [0.29, 0.717) is 12.2 Å².